The molecule has 1 atom stereocenters. The number of rotatable bonds is 6. The Hall–Kier alpha value is -3.94. The molecule has 1 aromatic carbocycles. The molecular formula is C22H21F4N5O5. The molecule has 1 N–H and O–H groups in total. The third-order valence-electron chi connectivity index (χ3n) is 5.54. The average molecular weight is 511 g/mol. The Labute approximate surface area is 202 Å². The Morgan fingerprint density at radius 1 is 1.11 bits per heavy atom. The van der Waals surface area contributed by atoms with Crippen molar-refractivity contribution in [1.82, 2.24) is 15.4 Å². The molecule has 3 amide bonds. The van der Waals surface area contributed by atoms with Crippen LogP contribution in [0.15, 0.2) is 36.7 Å². The van der Waals surface area contributed by atoms with Crippen molar-refractivity contribution < 1.29 is 41.5 Å². The zero-order chi connectivity index (χ0) is 25.8. The highest BCUT2D eigenvalue weighted by Gasteiger charge is 2.34. The number of hydroxylamine groups is 2. The van der Waals surface area contributed by atoms with Crippen LogP contribution in [0.2, 0.25) is 0 Å². The highest BCUT2D eigenvalue weighted by Crippen LogP contribution is 2.31. The molecule has 0 radical (unpaired) electrons. The Bertz CT molecular complexity index is 1120. The van der Waals surface area contributed by atoms with Gasteiger partial charge in [-0.1, -0.05) is 0 Å². The largest absolute Gasteiger partial charge is 0.442 e. The Kier molecular flexibility index (Phi) is 7.52. The quantitative estimate of drug-likeness (QED) is 0.592. The summed E-state index contributed by atoms with van der Waals surface area (Å²) in [5.41, 5.74) is -0.138. The minimum absolute atomic E-state index is 0.0120. The van der Waals surface area contributed by atoms with Crippen molar-refractivity contribution in [3.63, 3.8) is 0 Å². The van der Waals surface area contributed by atoms with Gasteiger partial charge in [-0.05, 0) is 12.1 Å². The van der Waals surface area contributed by atoms with Gasteiger partial charge in [-0.15, -0.1) is 0 Å². The van der Waals surface area contributed by atoms with E-state index in [4.69, 9.17) is 9.57 Å². The molecule has 2 aromatic rings. The van der Waals surface area contributed by atoms with E-state index in [1.165, 1.54) is 29.4 Å². The molecule has 1 aromatic heterocycles. The van der Waals surface area contributed by atoms with Crippen molar-refractivity contribution in [3.05, 3.63) is 53.9 Å². The normalized spacial score (nSPS) is 18.3. The van der Waals surface area contributed by atoms with Gasteiger partial charge in [0.2, 0.25) is 0 Å². The van der Waals surface area contributed by atoms with Crippen LogP contribution in [0.3, 0.4) is 0 Å². The van der Waals surface area contributed by atoms with Crippen molar-refractivity contribution in [2.75, 3.05) is 49.1 Å². The lowest BCUT2D eigenvalue weighted by molar-refractivity contribution is -0.132. The molecule has 3 heterocycles. The molecule has 0 aliphatic carbocycles. The van der Waals surface area contributed by atoms with Crippen molar-refractivity contribution in [3.8, 4) is 0 Å². The summed E-state index contributed by atoms with van der Waals surface area (Å²) in [4.78, 5) is 47.4. The number of amides is 3. The second-order valence-corrected chi connectivity index (χ2v) is 7.88. The number of pyridine rings is 1. The van der Waals surface area contributed by atoms with Gasteiger partial charge < -0.3 is 15.0 Å². The summed E-state index contributed by atoms with van der Waals surface area (Å²) in [6.07, 6.45) is -2.22. The van der Waals surface area contributed by atoms with Crippen LogP contribution in [-0.4, -0.2) is 79.8 Å². The molecule has 14 heteroatoms. The van der Waals surface area contributed by atoms with E-state index in [1.54, 1.807) is 0 Å². The monoisotopic (exact) mass is 511 g/mol. The minimum atomic E-state index is -3.22. The van der Waals surface area contributed by atoms with Crippen LogP contribution in [0.1, 0.15) is 10.4 Å². The van der Waals surface area contributed by atoms with Crippen LogP contribution < -0.4 is 15.1 Å². The first-order valence-electron chi connectivity index (χ1n) is 10.9. The second kappa shape index (κ2) is 10.8. The number of anilines is 2. The summed E-state index contributed by atoms with van der Waals surface area (Å²) in [5.74, 6) is -3.85. The van der Waals surface area contributed by atoms with E-state index < -0.39 is 42.1 Å². The minimum Gasteiger partial charge on any atom is -0.442 e. The fourth-order valence-corrected chi connectivity index (χ4v) is 3.81. The molecule has 0 unspecified atom stereocenters. The van der Waals surface area contributed by atoms with E-state index in [1.807, 2.05) is 5.32 Å². The predicted molar refractivity (Wildman–Crippen MR) is 116 cm³/mol. The fraction of sp³-hybridized carbons (Fsp3) is 0.364. The van der Waals surface area contributed by atoms with Crippen molar-refractivity contribution in [2.45, 2.75) is 12.5 Å². The maximum atomic E-state index is 15.0. The van der Waals surface area contributed by atoms with Gasteiger partial charge in [0.25, 0.3) is 11.8 Å². The molecule has 0 saturated carbocycles. The summed E-state index contributed by atoms with van der Waals surface area (Å²) < 4.78 is 59.7. The number of aromatic nitrogens is 1. The number of cyclic esters (lactones) is 1. The number of nitrogens with one attached hydrogen (secondary N) is 1. The van der Waals surface area contributed by atoms with Crippen molar-refractivity contribution in [2.24, 2.45) is 0 Å². The van der Waals surface area contributed by atoms with Gasteiger partial charge in [-0.2, -0.15) is 8.78 Å². The maximum absolute atomic E-state index is 15.0. The first-order chi connectivity index (χ1) is 17.2. The summed E-state index contributed by atoms with van der Waals surface area (Å²) in [5, 5.41) is 3.05. The highest BCUT2D eigenvalue weighted by atomic mass is 19.3. The van der Waals surface area contributed by atoms with Crippen molar-refractivity contribution in [1.29, 1.82) is 0 Å². The number of nitrogens with zero attached hydrogens (tertiary/aromatic N) is 4. The van der Waals surface area contributed by atoms with Gasteiger partial charge in [0, 0.05) is 43.2 Å². The van der Waals surface area contributed by atoms with Gasteiger partial charge in [0.1, 0.15) is 11.8 Å². The molecule has 0 bridgehead atoms. The number of ether oxygens (including phenoxy) is 1. The van der Waals surface area contributed by atoms with Gasteiger partial charge >= 0.3 is 12.5 Å². The SMILES string of the molecule is O=C(NC[C@H]1CN(c2cc(F)c(N3CCON(C(=O)c4ccncc4)CC3)c(F)c2)C(=O)O1)C(F)F. The number of alkyl halides is 2. The standard InChI is InChI=1S/C22H21F4N5O5/c23-16-9-14(30-12-15(36-22(30)34)11-28-20(32)19(25)26)10-17(24)18(16)29-5-6-31(35-8-7-29)21(33)13-1-3-27-4-2-13/h1-4,9-10,15,19H,5-8,11-12H2,(H,28,32)/t15-/m0/s1. The molecule has 36 heavy (non-hydrogen) atoms. The van der Waals surface area contributed by atoms with E-state index in [2.05, 4.69) is 4.98 Å². The van der Waals surface area contributed by atoms with Crippen LogP contribution in [0.5, 0.6) is 0 Å². The molecule has 4 rings (SSSR count). The number of benzene rings is 1. The van der Waals surface area contributed by atoms with E-state index in [0.29, 0.717) is 5.56 Å². The lowest BCUT2D eigenvalue weighted by Crippen LogP contribution is -2.37. The van der Waals surface area contributed by atoms with Crippen LogP contribution in [0.4, 0.5) is 33.7 Å². The van der Waals surface area contributed by atoms with Crippen LogP contribution in [0.25, 0.3) is 0 Å². The van der Waals surface area contributed by atoms with E-state index in [-0.39, 0.29) is 50.7 Å². The third kappa shape index (κ3) is 5.48. The number of carbonyl (C=O) groups is 3. The summed E-state index contributed by atoms with van der Waals surface area (Å²) in [6, 6.07) is 4.94. The predicted octanol–water partition coefficient (Wildman–Crippen LogP) is 1.96. The lowest BCUT2D eigenvalue weighted by atomic mass is 10.2. The number of hydrogen-bond acceptors (Lipinski definition) is 7. The third-order valence-corrected chi connectivity index (χ3v) is 5.54. The number of hydrogen-bond donors (Lipinski definition) is 1. The molecule has 2 aliphatic heterocycles. The average Bonchev–Trinajstić information content (AvgIpc) is 3.06. The number of carbonyl (C=O) groups excluding carboxylic acids is 3. The van der Waals surface area contributed by atoms with Gasteiger partial charge in [-0.3, -0.25) is 24.3 Å². The second-order valence-electron chi connectivity index (χ2n) is 7.88. The zero-order valence-electron chi connectivity index (χ0n) is 18.7. The topological polar surface area (TPSA) is 104 Å². The Morgan fingerprint density at radius 2 is 1.81 bits per heavy atom. The van der Waals surface area contributed by atoms with E-state index in [0.717, 1.165) is 22.1 Å². The van der Waals surface area contributed by atoms with Gasteiger partial charge in [-0.25, -0.2) is 18.6 Å². The fourth-order valence-electron chi connectivity index (χ4n) is 3.81. The van der Waals surface area contributed by atoms with Crippen LogP contribution >= 0.6 is 0 Å². The summed E-state index contributed by atoms with van der Waals surface area (Å²) in [6.45, 7) is -0.401. The highest BCUT2D eigenvalue weighted by molar-refractivity contribution is 5.93. The van der Waals surface area contributed by atoms with Crippen LogP contribution in [-0.2, 0) is 14.4 Å². The molecule has 10 nitrogen and oxygen atoms in total. The lowest BCUT2D eigenvalue weighted by Gasteiger charge is -2.24. The first-order valence-corrected chi connectivity index (χ1v) is 10.9. The molecule has 2 aliphatic rings. The maximum Gasteiger partial charge on any atom is 0.414 e. The van der Waals surface area contributed by atoms with E-state index in [9.17, 15) is 23.2 Å². The summed E-state index contributed by atoms with van der Waals surface area (Å²) >= 11 is 0. The number of halogens is 4. The molecule has 192 valence electrons. The first kappa shape index (κ1) is 25.2. The van der Waals surface area contributed by atoms with Gasteiger partial charge in [0.15, 0.2) is 11.6 Å². The smallest absolute Gasteiger partial charge is 0.414 e. The van der Waals surface area contributed by atoms with E-state index >= 15 is 8.78 Å². The molecular weight excluding hydrogens is 490 g/mol. The molecule has 0 spiro atoms. The van der Waals surface area contributed by atoms with Crippen molar-refractivity contribution >= 4 is 29.3 Å². The van der Waals surface area contributed by atoms with Gasteiger partial charge in [0.05, 0.1) is 31.9 Å². The Balaban J connectivity index is 1.43. The Morgan fingerprint density at radius 3 is 2.47 bits per heavy atom. The summed E-state index contributed by atoms with van der Waals surface area (Å²) in [7, 11) is 0. The molecule has 2 saturated heterocycles. The molecule has 2 fully saturated rings. The zero-order valence-corrected chi connectivity index (χ0v) is 18.7. The van der Waals surface area contributed by atoms with Crippen LogP contribution in [0, 0.1) is 11.6 Å².